The Bertz CT molecular complexity index is 403. The minimum absolute atomic E-state index is 0.0968. The maximum absolute atomic E-state index is 12.0. The highest BCUT2D eigenvalue weighted by atomic mass is 16.2. The fraction of sp³-hybridized carbons (Fsp3) is 0.562. The van der Waals surface area contributed by atoms with Gasteiger partial charge in [0.25, 0.3) is 0 Å². The molecule has 112 valence electrons. The van der Waals surface area contributed by atoms with E-state index < -0.39 is 0 Å². The number of carbonyl (C=O) groups is 1. The third kappa shape index (κ3) is 5.31. The van der Waals surface area contributed by atoms with Crippen molar-refractivity contribution in [3.63, 3.8) is 0 Å². The topological polar surface area (TPSA) is 58.4 Å². The van der Waals surface area contributed by atoms with E-state index in [1.54, 1.807) is 0 Å². The molecule has 0 aliphatic carbocycles. The monoisotopic (exact) mass is 277 g/mol. The molecule has 0 aromatic heterocycles. The third-order valence-electron chi connectivity index (χ3n) is 3.56. The van der Waals surface area contributed by atoms with Crippen molar-refractivity contribution in [1.82, 2.24) is 10.2 Å². The standard InChI is InChI=1S/C16H27N3O/c1-4-5-10-18-16(20)13(2)19(3)12-15-8-6-14(11-17)7-9-15/h6-9,13H,4-5,10-12,17H2,1-3H3,(H,18,20). The van der Waals surface area contributed by atoms with Gasteiger partial charge in [-0.05, 0) is 31.5 Å². The van der Waals surface area contributed by atoms with Crippen LogP contribution in [-0.4, -0.2) is 30.4 Å². The molecule has 0 bridgehead atoms. The number of nitrogens with two attached hydrogens (primary N) is 1. The molecule has 0 radical (unpaired) electrons. The summed E-state index contributed by atoms with van der Waals surface area (Å²) in [6.07, 6.45) is 2.13. The molecule has 3 N–H and O–H groups in total. The van der Waals surface area contributed by atoms with E-state index in [2.05, 4.69) is 29.3 Å². The molecule has 0 saturated heterocycles. The van der Waals surface area contributed by atoms with Gasteiger partial charge in [-0.3, -0.25) is 9.69 Å². The normalized spacial score (nSPS) is 12.4. The molecule has 1 aromatic rings. The van der Waals surface area contributed by atoms with Gasteiger partial charge in [-0.1, -0.05) is 37.6 Å². The first-order valence-corrected chi connectivity index (χ1v) is 7.34. The van der Waals surface area contributed by atoms with E-state index in [9.17, 15) is 4.79 Å². The van der Waals surface area contributed by atoms with E-state index in [4.69, 9.17) is 5.73 Å². The van der Waals surface area contributed by atoms with E-state index in [0.29, 0.717) is 6.54 Å². The zero-order valence-electron chi connectivity index (χ0n) is 12.9. The third-order valence-corrected chi connectivity index (χ3v) is 3.56. The molecule has 4 heteroatoms. The van der Waals surface area contributed by atoms with Crippen molar-refractivity contribution < 1.29 is 4.79 Å². The minimum Gasteiger partial charge on any atom is -0.355 e. The van der Waals surface area contributed by atoms with Gasteiger partial charge < -0.3 is 11.1 Å². The predicted molar refractivity (Wildman–Crippen MR) is 83.2 cm³/mol. The van der Waals surface area contributed by atoms with Crippen LogP contribution in [0.4, 0.5) is 0 Å². The summed E-state index contributed by atoms with van der Waals surface area (Å²) in [6.45, 7) is 6.14. The van der Waals surface area contributed by atoms with Gasteiger partial charge in [0.1, 0.15) is 0 Å². The number of hydrogen-bond acceptors (Lipinski definition) is 3. The molecule has 0 saturated carbocycles. The molecule has 0 fully saturated rings. The van der Waals surface area contributed by atoms with Crippen molar-refractivity contribution in [2.24, 2.45) is 5.73 Å². The number of carbonyl (C=O) groups excluding carboxylic acids is 1. The van der Waals surface area contributed by atoms with Crippen LogP contribution in [0.5, 0.6) is 0 Å². The second kappa shape index (κ2) is 8.72. The van der Waals surface area contributed by atoms with Gasteiger partial charge in [0.15, 0.2) is 0 Å². The number of nitrogens with zero attached hydrogens (tertiary/aromatic N) is 1. The first kappa shape index (κ1) is 16.7. The van der Waals surface area contributed by atoms with Gasteiger partial charge in [0.05, 0.1) is 6.04 Å². The van der Waals surface area contributed by atoms with Crippen molar-refractivity contribution in [2.75, 3.05) is 13.6 Å². The van der Waals surface area contributed by atoms with Gasteiger partial charge in [-0.25, -0.2) is 0 Å². The molecule has 20 heavy (non-hydrogen) atoms. The molecule has 1 rings (SSSR count). The van der Waals surface area contributed by atoms with Crippen LogP contribution in [0, 0.1) is 0 Å². The second-order valence-electron chi connectivity index (χ2n) is 5.26. The molecule has 1 unspecified atom stereocenters. The van der Waals surface area contributed by atoms with Crippen molar-refractivity contribution in [1.29, 1.82) is 0 Å². The van der Waals surface area contributed by atoms with Gasteiger partial charge in [0.2, 0.25) is 5.91 Å². The average Bonchev–Trinajstić information content (AvgIpc) is 2.47. The number of nitrogens with one attached hydrogen (secondary N) is 1. The summed E-state index contributed by atoms with van der Waals surface area (Å²) in [5, 5.41) is 2.97. The number of likely N-dealkylation sites (N-methyl/N-ethyl adjacent to an activating group) is 1. The highest BCUT2D eigenvalue weighted by Crippen LogP contribution is 2.08. The maximum atomic E-state index is 12.0. The van der Waals surface area contributed by atoms with Crippen LogP contribution < -0.4 is 11.1 Å². The van der Waals surface area contributed by atoms with Gasteiger partial charge in [-0.2, -0.15) is 0 Å². The number of rotatable bonds is 8. The van der Waals surface area contributed by atoms with Gasteiger partial charge in [-0.15, -0.1) is 0 Å². The van der Waals surface area contributed by atoms with E-state index in [1.165, 1.54) is 5.56 Å². The number of benzene rings is 1. The summed E-state index contributed by atoms with van der Waals surface area (Å²) in [5.74, 6) is 0.0968. The van der Waals surface area contributed by atoms with E-state index in [0.717, 1.165) is 31.5 Å². The average molecular weight is 277 g/mol. The highest BCUT2D eigenvalue weighted by Gasteiger charge is 2.17. The SMILES string of the molecule is CCCCNC(=O)C(C)N(C)Cc1ccc(CN)cc1. The summed E-state index contributed by atoms with van der Waals surface area (Å²) in [4.78, 5) is 14.0. The second-order valence-corrected chi connectivity index (χ2v) is 5.26. The summed E-state index contributed by atoms with van der Waals surface area (Å²) < 4.78 is 0. The van der Waals surface area contributed by atoms with E-state index in [1.807, 2.05) is 26.1 Å². The Hall–Kier alpha value is -1.39. The first-order chi connectivity index (χ1) is 9.58. The molecule has 0 aliphatic rings. The van der Waals surface area contributed by atoms with Crippen LogP contribution in [0.3, 0.4) is 0 Å². The van der Waals surface area contributed by atoms with Crippen LogP contribution in [0.1, 0.15) is 37.8 Å². The molecular weight excluding hydrogens is 250 g/mol. The predicted octanol–water partition coefficient (Wildman–Crippen LogP) is 1.88. The van der Waals surface area contributed by atoms with Crippen molar-refractivity contribution in [3.8, 4) is 0 Å². The quantitative estimate of drug-likeness (QED) is 0.713. The smallest absolute Gasteiger partial charge is 0.237 e. The molecule has 0 spiro atoms. The fourth-order valence-corrected chi connectivity index (χ4v) is 1.94. The van der Waals surface area contributed by atoms with E-state index in [-0.39, 0.29) is 11.9 Å². The Balaban J connectivity index is 2.47. The zero-order valence-corrected chi connectivity index (χ0v) is 12.9. The van der Waals surface area contributed by atoms with Crippen LogP contribution >= 0.6 is 0 Å². The maximum Gasteiger partial charge on any atom is 0.237 e. The van der Waals surface area contributed by atoms with Crippen molar-refractivity contribution in [3.05, 3.63) is 35.4 Å². The highest BCUT2D eigenvalue weighted by molar-refractivity contribution is 5.81. The Morgan fingerprint density at radius 1 is 1.30 bits per heavy atom. The van der Waals surface area contributed by atoms with Crippen molar-refractivity contribution >= 4 is 5.91 Å². The molecule has 1 aromatic carbocycles. The Labute approximate surface area is 122 Å². The van der Waals surface area contributed by atoms with Crippen molar-refractivity contribution in [2.45, 2.75) is 45.8 Å². The molecule has 1 amide bonds. The molecular formula is C16H27N3O. The fourth-order valence-electron chi connectivity index (χ4n) is 1.94. The van der Waals surface area contributed by atoms with E-state index >= 15 is 0 Å². The number of amides is 1. The largest absolute Gasteiger partial charge is 0.355 e. The van der Waals surface area contributed by atoms with Crippen LogP contribution in [0.15, 0.2) is 24.3 Å². The summed E-state index contributed by atoms with van der Waals surface area (Å²) in [5.41, 5.74) is 7.90. The molecule has 0 heterocycles. The van der Waals surface area contributed by atoms with Crippen LogP contribution in [-0.2, 0) is 17.9 Å². The lowest BCUT2D eigenvalue weighted by Gasteiger charge is -2.24. The summed E-state index contributed by atoms with van der Waals surface area (Å²) in [7, 11) is 1.97. The Morgan fingerprint density at radius 2 is 1.90 bits per heavy atom. The summed E-state index contributed by atoms with van der Waals surface area (Å²) in [6, 6.07) is 8.09. The Kier molecular flexibility index (Phi) is 7.26. The number of unbranched alkanes of at least 4 members (excludes halogenated alkanes) is 1. The Morgan fingerprint density at radius 3 is 2.45 bits per heavy atom. The molecule has 1 atom stereocenters. The molecule has 0 aliphatic heterocycles. The van der Waals surface area contributed by atoms with Crippen LogP contribution in [0.2, 0.25) is 0 Å². The number of hydrogen-bond donors (Lipinski definition) is 2. The first-order valence-electron chi connectivity index (χ1n) is 7.34. The lowest BCUT2D eigenvalue weighted by molar-refractivity contribution is -0.125. The minimum atomic E-state index is -0.124. The lowest BCUT2D eigenvalue weighted by atomic mass is 10.1. The van der Waals surface area contributed by atoms with Crippen LogP contribution in [0.25, 0.3) is 0 Å². The van der Waals surface area contributed by atoms with Gasteiger partial charge in [0, 0.05) is 19.6 Å². The van der Waals surface area contributed by atoms with Gasteiger partial charge >= 0.3 is 0 Å². The lowest BCUT2D eigenvalue weighted by Crippen LogP contribution is -2.43. The summed E-state index contributed by atoms with van der Waals surface area (Å²) >= 11 is 0. The zero-order chi connectivity index (χ0) is 15.0. The molecule has 4 nitrogen and oxygen atoms in total.